The molecular formula is C68H47N. The normalized spacial score (nSPS) is 11.2. The van der Waals surface area contributed by atoms with Crippen LogP contribution in [0.5, 0.6) is 0 Å². The molecule has 0 atom stereocenters. The fraction of sp³-hybridized carbons (Fsp3) is 0. The number of hydrogen-bond donors (Lipinski definition) is 0. The summed E-state index contributed by atoms with van der Waals surface area (Å²) in [4.78, 5) is 2.37. The van der Waals surface area contributed by atoms with Gasteiger partial charge in [-0.1, -0.05) is 231 Å². The molecule has 69 heavy (non-hydrogen) atoms. The first kappa shape index (κ1) is 41.4. The molecule has 0 heterocycles. The van der Waals surface area contributed by atoms with Crippen LogP contribution in [0.1, 0.15) is 0 Å². The minimum absolute atomic E-state index is 1.08. The van der Waals surface area contributed by atoms with Crippen LogP contribution in [-0.2, 0) is 0 Å². The summed E-state index contributed by atoms with van der Waals surface area (Å²) in [6, 6.07) is 104. The fourth-order valence-electron chi connectivity index (χ4n) is 9.98. The highest BCUT2D eigenvalue weighted by molar-refractivity contribution is 6.04. The summed E-state index contributed by atoms with van der Waals surface area (Å²) in [5, 5.41) is 5.01. The topological polar surface area (TPSA) is 3.24 Å². The van der Waals surface area contributed by atoms with Gasteiger partial charge in [0.25, 0.3) is 0 Å². The van der Waals surface area contributed by atoms with Crippen molar-refractivity contribution in [3.05, 3.63) is 285 Å². The van der Waals surface area contributed by atoms with Crippen LogP contribution in [0.2, 0.25) is 0 Å². The minimum atomic E-state index is 1.08. The summed E-state index contributed by atoms with van der Waals surface area (Å²) in [5.74, 6) is 0. The largest absolute Gasteiger partial charge is 0.311 e. The standard InChI is InChI=1S/C68H47N/c1-4-15-48(16-5-1)58-45-59(49-17-6-2-7-18-49)47-60(46-58)52-33-40-62(41-34-52)69(61-38-31-51(32-39-61)50-27-29-55(30-28-50)65-26-14-23-53-19-10-12-24-64(53)65)63-42-35-56(36-43-63)67-44-37-54-20-11-13-25-66(54)68(67)57-21-8-3-9-22-57/h1-47H. The minimum Gasteiger partial charge on any atom is -0.311 e. The Hall–Kier alpha value is -9.04. The molecule has 0 unspecified atom stereocenters. The van der Waals surface area contributed by atoms with Gasteiger partial charge in [-0.25, -0.2) is 0 Å². The molecular weight excluding hydrogens is 831 g/mol. The van der Waals surface area contributed by atoms with E-state index >= 15 is 0 Å². The first-order chi connectivity index (χ1) is 34.2. The molecule has 1 nitrogen and oxygen atoms in total. The van der Waals surface area contributed by atoms with Gasteiger partial charge in [-0.3, -0.25) is 0 Å². The third-order valence-electron chi connectivity index (χ3n) is 13.5. The Morgan fingerprint density at radius 2 is 0.536 bits per heavy atom. The van der Waals surface area contributed by atoms with Gasteiger partial charge in [0.1, 0.15) is 0 Å². The maximum atomic E-state index is 2.37. The summed E-state index contributed by atoms with van der Waals surface area (Å²) in [7, 11) is 0. The third kappa shape index (κ3) is 8.28. The van der Waals surface area contributed by atoms with Crippen LogP contribution in [0.15, 0.2) is 285 Å². The lowest BCUT2D eigenvalue weighted by Gasteiger charge is -2.26. The van der Waals surface area contributed by atoms with Crippen molar-refractivity contribution in [3.63, 3.8) is 0 Å². The Labute approximate surface area is 404 Å². The molecule has 0 fully saturated rings. The van der Waals surface area contributed by atoms with Gasteiger partial charge in [0.05, 0.1) is 0 Å². The van der Waals surface area contributed by atoms with Crippen molar-refractivity contribution in [2.75, 3.05) is 4.90 Å². The van der Waals surface area contributed by atoms with E-state index in [1.165, 1.54) is 93.9 Å². The predicted octanol–water partition coefficient (Wildman–Crippen LogP) is 19.1. The van der Waals surface area contributed by atoms with Crippen molar-refractivity contribution >= 4 is 38.6 Å². The van der Waals surface area contributed by atoms with E-state index in [4.69, 9.17) is 0 Å². The van der Waals surface area contributed by atoms with Gasteiger partial charge in [-0.15, -0.1) is 0 Å². The van der Waals surface area contributed by atoms with Gasteiger partial charge < -0.3 is 4.90 Å². The molecule has 0 saturated carbocycles. The van der Waals surface area contributed by atoms with Gasteiger partial charge in [0.15, 0.2) is 0 Å². The van der Waals surface area contributed by atoms with Crippen molar-refractivity contribution in [1.29, 1.82) is 0 Å². The van der Waals surface area contributed by atoms with E-state index in [-0.39, 0.29) is 0 Å². The van der Waals surface area contributed by atoms with E-state index < -0.39 is 0 Å². The molecule has 0 aliphatic heterocycles. The van der Waals surface area contributed by atoms with E-state index in [1.807, 2.05) is 0 Å². The Balaban J connectivity index is 0.925. The van der Waals surface area contributed by atoms with Crippen molar-refractivity contribution in [1.82, 2.24) is 0 Å². The van der Waals surface area contributed by atoms with Crippen molar-refractivity contribution in [2.24, 2.45) is 0 Å². The van der Waals surface area contributed by atoms with Crippen molar-refractivity contribution in [2.45, 2.75) is 0 Å². The molecule has 12 aromatic carbocycles. The molecule has 1 heteroatoms. The van der Waals surface area contributed by atoms with Crippen LogP contribution >= 0.6 is 0 Å². The van der Waals surface area contributed by atoms with Gasteiger partial charge in [0, 0.05) is 17.1 Å². The van der Waals surface area contributed by atoms with Crippen LogP contribution in [0.4, 0.5) is 17.1 Å². The van der Waals surface area contributed by atoms with Crippen LogP contribution in [0.25, 0.3) is 99.4 Å². The molecule has 0 aromatic heterocycles. The summed E-state index contributed by atoms with van der Waals surface area (Å²) in [6.07, 6.45) is 0. The lowest BCUT2D eigenvalue weighted by Crippen LogP contribution is -2.09. The maximum Gasteiger partial charge on any atom is 0.0462 e. The number of fused-ring (bicyclic) bond motifs is 2. The highest BCUT2D eigenvalue weighted by Crippen LogP contribution is 2.42. The highest BCUT2D eigenvalue weighted by Gasteiger charge is 2.17. The number of nitrogens with zero attached hydrogens (tertiary/aromatic N) is 1. The van der Waals surface area contributed by atoms with Gasteiger partial charge in [-0.2, -0.15) is 0 Å². The van der Waals surface area contributed by atoms with Crippen LogP contribution in [0, 0.1) is 0 Å². The zero-order valence-electron chi connectivity index (χ0n) is 38.1. The van der Waals surface area contributed by atoms with Crippen LogP contribution in [-0.4, -0.2) is 0 Å². The smallest absolute Gasteiger partial charge is 0.0462 e. The monoisotopic (exact) mass is 877 g/mol. The van der Waals surface area contributed by atoms with Gasteiger partial charge in [-0.05, 0) is 154 Å². The number of anilines is 3. The molecule has 324 valence electrons. The van der Waals surface area contributed by atoms with Crippen LogP contribution < -0.4 is 4.90 Å². The second-order valence-electron chi connectivity index (χ2n) is 17.7. The summed E-state index contributed by atoms with van der Waals surface area (Å²) < 4.78 is 0. The maximum absolute atomic E-state index is 2.37. The molecule has 0 aliphatic rings. The van der Waals surface area contributed by atoms with Crippen molar-refractivity contribution in [3.8, 4) is 77.9 Å². The Bertz CT molecular complexity index is 3650. The van der Waals surface area contributed by atoms with E-state index in [0.29, 0.717) is 0 Å². The molecule has 0 amide bonds. The Morgan fingerprint density at radius 3 is 1.06 bits per heavy atom. The summed E-state index contributed by atoms with van der Waals surface area (Å²) in [5.41, 5.74) is 20.1. The molecule has 0 bridgehead atoms. The second-order valence-corrected chi connectivity index (χ2v) is 17.7. The van der Waals surface area contributed by atoms with E-state index in [9.17, 15) is 0 Å². The van der Waals surface area contributed by atoms with Gasteiger partial charge >= 0.3 is 0 Å². The zero-order valence-corrected chi connectivity index (χ0v) is 38.1. The SMILES string of the molecule is c1ccc(-c2cc(-c3ccccc3)cc(-c3ccc(N(c4ccc(-c5ccc(-c6cccc7ccccc67)cc5)cc4)c4ccc(-c5ccc6ccccc6c5-c5ccccc5)cc4)cc3)c2)cc1. The van der Waals surface area contributed by atoms with Crippen LogP contribution in [0.3, 0.4) is 0 Å². The third-order valence-corrected chi connectivity index (χ3v) is 13.5. The molecule has 12 rings (SSSR count). The van der Waals surface area contributed by atoms with Gasteiger partial charge in [0.2, 0.25) is 0 Å². The number of rotatable bonds is 10. The number of benzene rings is 12. The van der Waals surface area contributed by atoms with E-state index in [1.54, 1.807) is 0 Å². The van der Waals surface area contributed by atoms with Crippen molar-refractivity contribution < 1.29 is 0 Å². The fourth-order valence-corrected chi connectivity index (χ4v) is 9.98. The highest BCUT2D eigenvalue weighted by atomic mass is 15.1. The lowest BCUT2D eigenvalue weighted by molar-refractivity contribution is 1.28. The quantitative estimate of drug-likeness (QED) is 0.132. The first-order valence-electron chi connectivity index (χ1n) is 23.7. The molecule has 0 spiro atoms. The second kappa shape index (κ2) is 18.3. The molecule has 0 radical (unpaired) electrons. The zero-order chi connectivity index (χ0) is 45.9. The summed E-state index contributed by atoms with van der Waals surface area (Å²) >= 11 is 0. The first-order valence-corrected chi connectivity index (χ1v) is 23.7. The lowest BCUT2D eigenvalue weighted by atomic mass is 9.90. The summed E-state index contributed by atoms with van der Waals surface area (Å²) in [6.45, 7) is 0. The Kier molecular flexibility index (Phi) is 11.0. The number of hydrogen-bond acceptors (Lipinski definition) is 1. The molecule has 0 N–H and O–H groups in total. The van der Waals surface area contributed by atoms with E-state index in [0.717, 1.165) is 22.6 Å². The Morgan fingerprint density at radius 1 is 0.188 bits per heavy atom. The average Bonchev–Trinajstić information content (AvgIpc) is 3.44. The average molecular weight is 878 g/mol. The predicted molar refractivity (Wildman–Crippen MR) is 294 cm³/mol. The molecule has 0 saturated heterocycles. The molecule has 12 aromatic rings. The molecule has 0 aliphatic carbocycles. The van der Waals surface area contributed by atoms with E-state index in [2.05, 4.69) is 290 Å².